The maximum atomic E-state index is 14.1. The molecule has 0 spiro atoms. The summed E-state index contributed by atoms with van der Waals surface area (Å²) >= 11 is 7.42. The Bertz CT molecular complexity index is 770. The van der Waals surface area contributed by atoms with Gasteiger partial charge in [-0.25, -0.2) is 18.7 Å². The van der Waals surface area contributed by atoms with Gasteiger partial charge in [0.2, 0.25) is 0 Å². The minimum atomic E-state index is -0.886. The third kappa shape index (κ3) is 2.53. The molecule has 0 N–H and O–H groups in total. The fourth-order valence-electron chi connectivity index (χ4n) is 2.33. The molecule has 1 aromatic carbocycles. The predicted octanol–water partition coefficient (Wildman–Crippen LogP) is 4.31. The quantitative estimate of drug-likeness (QED) is 0.668. The van der Waals surface area contributed by atoms with Gasteiger partial charge in [-0.05, 0) is 12.1 Å². The summed E-state index contributed by atoms with van der Waals surface area (Å²) in [6.45, 7) is 2.44. The molecule has 0 saturated heterocycles. The monoisotopic (exact) mass is 327 g/mol. The first-order valence-corrected chi connectivity index (χ1v) is 7.81. The van der Waals surface area contributed by atoms with Gasteiger partial charge >= 0.3 is 0 Å². The Morgan fingerprint density at radius 3 is 2.86 bits per heavy atom. The number of hydrogen-bond donors (Lipinski definition) is 0. The summed E-state index contributed by atoms with van der Waals surface area (Å²) < 4.78 is 29.2. The third-order valence-corrected chi connectivity index (χ3v) is 4.57. The van der Waals surface area contributed by atoms with Gasteiger partial charge in [0.25, 0.3) is 0 Å². The number of rotatable bonds is 4. The number of benzene rings is 1. The van der Waals surface area contributed by atoms with Gasteiger partial charge in [-0.3, -0.25) is 0 Å². The van der Waals surface area contributed by atoms with Crippen LogP contribution in [0.5, 0.6) is 0 Å². The van der Waals surface area contributed by atoms with E-state index in [1.165, 1.54) is 17.4 Å². The Morgan fingerprint density at radius 1 is 1.38 bits per heavy atom. The number of fused-ring (bicyclic) bond motifs is 1. The van der Waals surface area contributed by atoms with Crippen molar-refractivity contribution in [3.05, 3.63) is 46.2 Å². The van der Waals surface area contributed by atoms with Gasteiger partial charge in [0, 0.05) is 24.0 Å². The Hall–Kier alpha value is -1.53. The molecular formula is C14H12ClF2N3S. The maximum Gasteiger partial charge on any atom is 0.184 e. The molecule has 1 unspecified atom stereocenters. The standard InChI is InChI=1S/C14H12ClF2N3S/c1-8(14-18-4-5-21-14)7-20-11(6-15)19-10-3-2-9(16)12(17)13(10)20/h2-5,8H,6-7H2,1H3. The van der Waals surface area contributed by atoms with Gasteiger partial charge in [-0.15, -0.1) is 22.9 Å². The van der Waals surface area contributed by atoms with Crippen LogP contribution >= 0.6 is 22.9 Å². The summed E-state index contributed by atoms with van der Waals surface area (Å²) in [6, 6.07) is 2.55. The van der Waals surface area contributed by atoms with E-state index in [4.69, 9.17) is 11.6 Å². The molecule has 0 aliphatic carbocycles. The van der Waals surface area contributed by atoms with Crippen LogP contribution in [0.25, 0.3) is 11.0 Å². The van der Waals surface area contributed by atoms with Gasteiger partial charge in [0.15, 0.2) is 11.6 Å². The molecule has 0 radical (unpaired) electrons. The number of nitrogens with zero attached hydrogens (tertiary/aromatic N) is 3. The predicted molar refractivity (Wildman–Crippen MR) is 79.7 cm³/mol. The van der Waals surface area contributed by atoms with Gasteiger partial charge in [-0.2, -0.15) is 0 Å². The van der Waals surface area contributed by atoms with Crippen molar-refractivity contribution >= 4 is 34.0 Å². The molecule has 7 heteroatoms. The zero-order valence-electron chi connectivity index (χ0n) is 11.2. The van der Waals surface area contributed by atoms with Crippen LogP contribution in [0, 0.1) is 11.6 Å². The molecule has 3 nitrogen and oxygen atoms in total. The Balaban J connectivity index is 2.09. The van der Waals surface area contributed by atoms with Crippen molar-refractivity contribution in [1.82, 2.24) is 14.5 Å². The molecular weight excluding hydrogens is 316 g/mol. The van der Waals surface area contributed by atoms with E-state index in [0.29, 0.717) is 17.9 Å². The molecule has 1 atom stereocenters. The van der Waals surface area contributed by atoms with Crippen LogP contribution in [-0.4, -0.2) is 14.5 Å². The molecule has 0 fully saturated rings. The van der Waals surface area contributed by atoms with Crippen molar-refractivity contribution in [2.75, 3.05) is 0 Å². The molecule has 3 aromatic rings. The molecule has 0 aliphatic heterocycles. The largest absolute Gasteiger partial charge is 0.324 e. The lowest BCUT2D eigenvalue weighted by Crippen LogP contribution is -2.10. The molecule has 0 aliphatic rings. The summed E-state index contributed by atoms with van der Waals surface area (Å²) in [7, 11) is 0. The number of alkyl halides is 1. The van der Waals surface area contributed by atoms with E-state index in [-0.39, 0.29) is 17.3 Å². The van der Waals surface area contributed by atoms with Crippen LogP contribution < -0.4 is 0 Å². The number of aromatic nitrogens is 3. The molecule has 21 heavy (non-hydrogen) atoms. The minimum Gasteiger partial charge on any atom is -0.324 e. The van der Waals surface area contributed by atoms with Gasteiger partial charge in [0.05, 0.1) is 16.4 Å². The van der Waals surface area contributed by atoms with E-state index >= 15 is 0 Å². The van der Waals surface area contributed by atoms with Crippen LogP contribution in [0.3, 0.4) is 0 Å². The highest BCUT2D eigenvalue weighted by Gasteiger charge is 2.19. The van der Waals surface area contributed by atoms with E-state index in [0.717, 1.165) is 11.1 Å². The normalized spacial score (nSPS) is 13.0. The van der Waals surface area contributed by atoms with Gasteiger partial charge in [0.1, 0.15) is 11.3 Å². The van der Waals surface area contributed by atoms with Crippen molar-refractivity contribution in [1.29, 1.82) is 0 Å². The number of imidazole rings is 1. The second-order valence-electron chi connectivity index (χ2n) is 4.77. The minimum absolute atomic E-state index is 0.0621. The van der Waals surface area contributed by atoms with Crippen LogP contribution in [0.15, 0.2) is 23.7 Å². The van der Waals surface area contributed by atoms with Crippen LogP contribution in [0.1, 0.15) is 23.7 Å². The number of halogens is 3. The van der Waals surface area contributed by atoms with Crippen molar-refractivity contribution in [3.63, 3.8) is 0 Å². The highest BCUT2D eigenvalue weighted by molar-refractivity contribution is 7.09. The first kappa shape index (κ1) is 14.4. The number of thiazole rings is 1. The van der Waals surface area contributed by atoms with Gasteiger partial charge < -0.3 is 4.57 Å². The summed E-state index contributed by atoms with van der Waals surface area (Å²) in [6.07, 6.45) is 1.73. The Labute approximate surface area is 129 Å². The lowest BCUT2D eigenvalue weighted by atomic mass is 10.2. The second-order valence-corrected chi connectivity index (χ2v) is 5.97. The van der Waals surface area contributed by atoms with Crippen molar-refractivity contribution < 1.29 is 8.78 Å². The molecule has 0 saturated carbocycles. The summed E-state index contributed by atoms with van der Waals surface area (Å²) in [5.74, 6) is -1.04. The molecule has 0 bridgehead atoms. The summed E-state index contributed by atoms with van der Waals surface area (Å²) in [5.41, 5.74) is 0.574. The average Bonchev–Trinajstić information content (AvgIpc) is 3.11. The van der Waals surface area contributed by atoms with Gasteiger partial charge in [-0.1, -0.05) is 6.92 Å². The zero-order valence-corrected chi connectivity index (χ0v) is 12.8. The lowest BCUT2D eigenvalue weighted by Gasteiger charge is -2.13. The first-order chi connectivity index (χ1) is 10.1. The first-order valence-electron chi connectivity index (χ1n) is 6.40. The van der Waals surface area contributed by atoms with Crippen LogP contribution in [0.4, 0.5) is 8.78 Å². The molecule has 2 heterocycles. The molecule has 3 rings (SSSR count). The Morgan fingerprint density at radius 2 is 2.19 bits per heavy atom. The van der Waals surface area contributed by atoms with Crippen molar-refractivity contribution in [2.24, 2.45) is 0 Å². The summed E-state index contributed by atoms with van der Waals surface area (Å²) in [5, 5.41) is 2.83. The fourth-order valence-corrected chi connectivity index (χ4v) is 3.23. The maximum absolute atomic E-state index is 14.1. The summed E-state index contributed by atoms with van der Waals surface area (Å²) in [4.78, 5) is 8.53. The van der Waals surface area contributed by atoms with Crippen LogP contribution in [-0.2, 0) is 12.4 Å². The van der Waals surface area contributed by atoms with E-state index in [2.05, 4.69) is 9.97 Å². The molecule has 2 aromatic heterocycles. The highest BCUT2D eigenvalue weighted by atomic mass is 35.5. The van der Waals surface area contributed by atoms with Crippen LogP contribution in [0.2, 0.25) is 0 Å². The SMILES string of the molecule is CC(Cn1c(CCl)nc2ccc(F)c(F)c21)c1nccs1. The third-order valence-electron chi connectivity index (χ3n) is 3.33. The van der Waals surface area contributed by atoms with Crippen molar-refractivity contribution in [2.45, 2.75) is 25.3 Å². The molecule has 110 valence electrons. The van der Waals surface area contributed by atoms with E-state index < -0.39 is 11.6 Å². The average molecular weight is 328 g/mol. The van der Waals surface area contributed by atoms with E-state index in [1.807, 2.05) is 12.3 Å². The lowest BCUT2D eigenvalue weighted by molar-refractivity contribution is 0.506. The Kier molecular flexibility index (Phi) is 3.91. The zero-order chi connectivity index (χ0) is 15.0. The highest BCUT2D eigenvalue weighted by Crippen LogP contribution is 2.27. The smallest absolute Gasteiger partial charge is 0.184 e. The topological polar surface area (TPSA) is 30.7 Å². The van der Waals surface area contributed by atoms with Crippen molar-refractivity contribution in [3.8, 4) is 0 Å². The van der Waals surface area contributed by atoms with E-state index in [1.54, 1.807) is 10.8 Å². The second kappa shape index (κ2) is 5.69. The number of hydrogen-bond acceptors (Lipinski definition) is 3. The van der Waals surface area contributed by atoms with E-state index in [9.17, 15) is 8.78 Å². The fraction of sp³-hybridized carbons (Fsp3) is 0.286. The molecule has 0 amide bonds.